The molecule has 0 fully saturated rings. The normalized spacial score (nSPS) is 14.0. The van der Waals surface area contributed by atoms with Crippen molar-refractivity contribution in [3.8, 4) is 0 Å². The first-order chi connectivity index (χ1) is 14.7. The van der Waals surface area contributed by atoms with Crippen molar-refractivity contribution in [1.29, 1.82) is 0 Å². The van der Waals surface area contributed by atoms with Crippen LogP contribution >= 0.6 is 21.6 Å². The summed E-state index contributed by atoms with van der Waals surface area (Å²) in [7, 11) is 2.82. The summed E-state index contributed by atoms with van der Waals surface area (Å²) in [6.45, 7) is 15.9. The summed E-state index contributed by atoms with van der Waals surface area (Å²) in [5.41, 5.74) is 1.25. The Hall–Kier alpha value is 1.05. The zero-order chi connectivity index (χ0) is 22.5. The third-order valence-corrected chi connectivity index (χ3v) is 16.2. The minimum absolute atomic E-state index is 0.624. The highest BCUT2D eigenvalue weighted by Crippen LogP contribution is 2.26. The minimum Gasteiger partial charge on any atom is -0.382 e. The minimum atomic E-state index is -0.687. The number of unbranched alkanes of at least 4 members (excludes halogenated alkanes) is 2. The molecule has 0 aliphatic rings. The van der Waals surface area contributed by atoms with Crippen LogP contribution in [0.3, 0.4) is 0 Å². The maximum atomic E-state index is 6.23. The van der Waals surface area contributed by atoms with Crippen molar-refractivity contribution in [2.24, 2.45) is 0 Å². The monoisotopic (exact) mass is 494 g/mol. The molecule has 0 amide bonds. The Kier molecular flexibility index (Phi) is 24.0. The van der Waals surface area contributed by atoms with Gasteiger partial charge in [0, 0.05) is 36.2 Å². The fourth-order valence-corrected chi connectivity index (χ4v) is 12.0. The Labute approximate surface area is 201 Å². The molecule has 182 valence electrons. The zero-order valence-electron chi connectivity index (χ0n) is 21.3. The van der Waals surface area contributed by atoms with Gasteiger partial charge >= 0.3 is 0 Å². The molecule has 0 saturated heterocycles. The molecule has 0 saturated carbocycles. The summed E-state index contributed by atoms with van der Waals surface area (Å²) >= 11 is 0. The Morgan fingerprint density at radius 1 is 0.567 bits per heavy atom. The van der Waals surface area contributed by atoms with Crippen molar-refractivity contribution >= 4 is 39.2 Å². The van der Waals surface area contributed by atoms with Crippen LogP contribution < -0.4 is 0 Å². The van der Waals surface area contributed by atoms with Gasteiger partial charge in [0.15, 0.2) is 0 Å². The third-order valence-electron chi connectivity index (χ3n) is 6.24. The number of rotatable bonds is 23. The van der Waals surface area contributed by atoms with Gasteiger partial charge in [-0.3, -0.25) is 0 Å². The molecule has 0 aromatic heterocycles. The van der Waals surface area contributed by atoms with E-state index in [-0.39, 0.29) is 0 Å². The summed E-state index contributed by atoms with van der Waals surface area (Å²) < 4.78 is 12.5. The maximum absolute atomic E-state index is 6.23. The summed E-state index contributed by atoms with van der Waals surface area (Å²) in [6, 6.07) is 5.55. The van der Waals surface area contributed by atoms with Crippen LogP contribution in [-0.2, 0) is 9.47 Å². The van der Waals surface area contributed by atoms with E-state index in [1.54, 1.807) is 0 Å². The van der Waals surface area contributed by atoms with Gasteiger partial charge in [-0.05, 0) is 38.5 Å². The van der Waals surface area contributed by atoms with Crippen molar-refractivity contribution in [2.45, 2.75) is 129 Å². The van der Waals surface area contributed by atoms with E-state index >= 15 is 0 Å². The van der Waals surface area contributed by atoms with E-state index in [9.17, 15) is 0 Å². The molecule has 2 nitrogen and oxygen atoms in total. The highest BCUT2D eigenvalue weighted by Gasteiger charge is 2.20. The Bertz CT molecular complexity index is 311. The van der Waals surface area contributed by atoms with Crippen LogP contribution in [0.4, 0.5) is 0 Å². The number of ether oxygens (including phenoxy) is 2. The summed E-state index contributed by atoms with van der Waals surface area (Å²) in [6.07, 6.45) is 10.3. The van der Waals surface area contributed by atoms with Gasteiger partial charge < -0.3 is 9.47 Å². The molecule has 0 aliphatic heterocycles. The maximum Gasteiger partial charge on any atom is 0.0711 e. The molecule has 0 bridgehead atoms. The van der Waals surface area contributed by atoms with Crippen LogP contribution in [0.5, 0.6) is 0 Å². The van der Waals surface area contributed by atoms with Crippen LogP contribution in [0.1, 0.15) is 92.9 Å². The Morgan fingerprint density at radius 3 is 1.23 bits per heavy atom. The lowest BCUT2D eigenvalue weighted by atomic mass is 10.2. The van der Waals surface area contributed by atoms with Gasteiger partial charge in [-0.15, -0.1) is 0 Å². The first-order valence-electron chi connectivity index (χ1n) is 13.2. The molecule has 0 heterocycles. The van der Waals surface area contributed by atoms with E-state index < -0.39 is 17.6 Å². The second-order valence-electron chi connectivity index (χ2n) is 8.61. The van der Waals surface area contributed by atoms with E-state index in [0.717, 1.165) is 26.1 Å². The molecule has 30 heavy (non-hydrogen) atoms. The van der Waals surface area contributed by atoms with Crippen LogP contribution in [-0.4, -0.2) is 53.8 Å². The summed E-state index contributed by atoms with van der Waals surface area (Å²) in [5, 5.41) is 0. The molecular formula is C24H54O2S2Si2. The molecule has 6 heteroatoms. The molecule has 2 unspecified atom stereocenters. The largest absolute Gasteiger partial charge is 0.382 e. The van der Waals surface area contributed by atoms with Crippen molar-refractivity contribution < 1.29 is 9.47 Å². The summed E-state index contributed by atoms with van der Waals surface area (Å²) in [4.78, 5) is 0. The van der Waals surface area contributed by atoms with Crippen LogP contribution in [0, 0.1) is 0 Å². The molecule has 0 aromatic carbocycles. The lowest BCUT2D eigenvalue weighted by Gasteiger charge is -2.24. The highest BCUT2D eigenvalue weighted by atomic mass is 33.1. The van der Waals surface area contributed by atoms with Crippen molar-refractivity contribution in [1.82, 2.24) is 0 Å². The SMILES string of the molecule is CCCOC(CCCCSSCCCCC(OCCC)[SiH](CC)CC)[SiH](CC)CC. The predicted octanol–water partition coefficient (Wildman–Crippen LogP) is 7.91. The predicted molar refractivity (Wildman–Crippen MR) is 149 cm³/mol. The van der Waals surface area contributed by atoms with Gasteiger partial charge in [0.05, 0.1) is 17.6 Å². The molecular weight excluding hydrogens is 441 g/mol. The van der Waals surface area contributed by atoms with Gasteiger partial charge in [0.25, 0.3) is 0 Å². The first kappa shape index (κ1) is 31.1. The van der Waals surface area contributed by atoms with Crippen LogP contribution in [0.15, 0.2) is 0 Å². The topological polar surface area (TPSA) is 18.5 Å². The molecule has 0 aromatic rings. The summed E-state index contributed by atoms with van der Waals surface area (Å²) in [5.74, 6) is 2.61. The average Bonchev–Trinajstić information content (AvgIpc) is 2.77. The second-order valence-corrected chi connectivity index (χ2v) is 19.1. The highest BCUT2D eigenvalue weighted by molar-refractivity contribution is 8.76. The molecule has 0 N–H and O–H groups in total. The van der Waals surface area contributed by atoms with Gasteiger partial charge in [-0.2, -0.15) is 0 Å². The average molecular weight is 495 g/mol. The number of hydrogen-bond donors (Lipinski definition) is 0. The van der Waals surface area contributed by atoms with Gasteiger partial charge in [-0.1, -0.05) is 100 Å². The molecule has 0 aliphatic carbocycles. The van der Waals surface area contributed by atoms with Gasteiger partial charge in [0.2, 0.25) is 0 Å². The molecule has 0 radical (unpaired) electrons. The second kappa shape index (κ2) is 23.2. The lowest BCUT2D eigenvalue weighted by Crippen LogP contribution is -2.32. The first-order valence-corrected chi connectivity index (χ1v) is 20.2. The van der Waals surface area contributed by atoms with E-state index in [0.29, 0.717) is 11.5 Å². The molecule has 0 spiro atoms. The Balaban J connectivity index is 3.82. The van der Waals surface area contributed by atoms with Gasteiger partial charge in [0.1, 0.15) is 0 Å². The van der Waals surface area contributed by atoms with E-state index in [4.69, 9.17) is 9.47 Å². The number of hydrogen-bond acceptors (Lipinski definition) is 4. The quantitative estimate of drug-likeness (QED) is 0.0815. The third kappa shape index (κ3) is 15.8. The van der Waals surface area contributed by atoms with Crippen molar-refractivity contribution in [3.63, 3.8) is 0 Å². The lowest BCUT2D eigenvalue weighted by molar-refractivity contribution is 0.0947. The van der Waals surface area contributed by atoms with E-state index in [1.807, 2.05) is 0 Å². The smallest absolute Gasteiger partial charge is 0.0711 e. The van der Waals surface area contributed by atoms with E-state index in [1.165, 1.54) is 74.2 Å². The van der Waals surface area contributed by atoms with E-state index in [2.05, 4.69) is 63.1 Å². The van der Waals surface area contributed by atoms with Crippen molar-refractivity contribution in [3.05, 3.63) is 0 Å². The van der Waals surface area contributed by atoms with Crippen LogP contribution in [0.2, 0.25) is 24.2 Å². The van der Waals surface area contributed by atoms with Crippen LogP contribution in [0.25, 0.3) is 0 Å². The fraction of sp³-hybridized carbons (Fsp3) is 1.00. The zero-order valence-corrected chi connectivity index (χ0v) is 25.2. The molecule has 2 atom stereocenters. The Morgan fingerprint density at radius 2 is 0.933 bits per heavy atom. The standard InChI is InChI=1S/C24H54O2S2Si2/c1-7-19-25-23(29(9-3)10-4)17-13-15-21-27-28-22-16-14-18-24(26-20-8-2)30(11-5)12-6/h23-24,29-30H,7-22H2,1-6H3. The van der Waals surface area contributed by atoms with Gasteiger partial charge in [-0.25, -0.2) is 0 Å². The molecule has 0 rings (SSSR count). The van der Waals surface area contributed by atoms with Crippen molar-refractivity contribution in [2.75, 3.05) is 24.7 Å². The fourth-order valence-electron chi connectivity index (χ4n) is 4.21.